The predicted octanol–water partition coefficient (Wildman–Crippen LogP) is 6.44. The molecular formula is C29H35FN6O2. The molecule has 0 saturated carbocycles. The lowest BCUT2D eigenvalue weighted by Gasteiger charge is -2.18. The zero-order valence-corrected chi connectivity index (χ0v) is 22.6. The second kappa shape index (κ2) is 12.0. The van der Waals surface area contributed by atoms with Gasteiger partial charge in [-0.1, -0.05) is 33.8 Å². The number of benzene rings is 2. The molecule has 0 aliphatic heterocycles. The molecule has 0 unspecified atom stereocenters. The number of hydrogen-bond donors (Lipinski definition) is 2. The number of likely N-dealkylation sites (N-methyl/N-ethyl adjacent to an activating group) is 1. The number of halogens is 1. The van der Waals surface area contributed by atoms with Gasteiger partial charge in [-0.2, -0.15) is 0 Å². The molecule has 0 saturated heterocycles. The molecule has 0 radical (unpaired) electrons. The number of rotatable bonds is 11. The van der Waals surface area contributed by atoms with E-state index in [1.54, 1.807) is 24.4 Å². The van der Waals surface area contributed by atoms with Gasteiger partial charge in [-0.3, -0.25) is 9.69 Å². The Morgan fingerprint density at radius 2 is 1.89 bits per heavy atom. The molecule has 0 atom stereocenters. The maximum absolute atomic E-state index is 14.5. The topological polar surface area (TPSA) is 84.3 Å². The fourth-order valence-electron chi connectivity index (χ4n) is 4.20. The van der Waals surface area contributed by atoms with Crippen LogP contribution in [0.15, 0.2) is 54.7 Å². The minimum atomic E-state index is -0.334. The highest BCUT2D eigenvalue weighted by Crippen LogP contribution is 2.30. The van der Waals surface area contributed by atoms with Crippen LogP contribution in [0.25, 0.3) is 11.0 Å². The first-order chi connectivity index (χ1) is 18.3. The lowest BCUT2D eigenvalue weighted by Crippen LogP contribution is -2.33. The van der Waals surface area contributed by atoms with Crippen molar-refractivity contribution in [2.75, 3.05) is 30.3 Å². The Morgan fingerprint density at radius 1 is 1.11 bits per heavy atom. The molecule has 4 rings (SSSR count). The average Bonchev–Trinajstić information content (AvgIpc) is 3.19. The summed E-state index contributed by atoms with van der Waals surface area (Å²) in [5.74, 6) is 1.90. The maximum Gasteiger partial charge on any atom is 0.239 e. The largest absolute Gasteiger partial charge is 0.457 e. The Bertz CT molecular complexity index is 1420. The van der Waals surface area contributed by atoms with Gasteiger partial charge in [0.25, 0.3) is 0 Å². The van der Waals surface area contributed by atoms with Crippen molar-refractivity contribution in [3.8, 4) is 11.5 Å². The smallest absolute Gasteiger partial charge is 0.239 e. The molecule has 4 aromatic rings. The van der Waals surface area contributed by atoms with E-state index < -0.39 is 0 Å². The van der Waals surface area contributed by atoms with Gasteiger partial charge in [0.05, 0.1) is 23.3 Å². The molecule has 1 amide bonds. The fraction of sp³-hybridized carbons (Fsp3) is 0.345. The molecule has 2 aromatic carbocycles. The first-order valence-electron chi connectivity index (χ1n) is 13.0. The molecule has 2 heterocycles. The number of carbonyl (C=O) groups is 1. The lowest BCUT2D eigenvalue weighted by molar-refractivity contribution is -0.117. The predicted molar refractivity (Wildman–Crippen MR) is 150 cm³/mol. The third kappa shape index (κ3) is 6.47. The molecule has 8 nitrogen and oxygen atoms in total. The van der Waals surface area contributed by atoms with E-state index in [1.807, 2.05) is 42.8 Å². The number of aromatic nitrogens is 3. The quantitative estimate of drug-likeness (QED) is 0.238. The number of nitrogens with zero attached hydrogens (tertiary/aromatic N) is 4. The number of hydrogen-bond acceptors (Lipinski definition) is 6. The summed E-state index contributed by atoms with van der Waals surface area (Å²) in [6.07, 6.45) is 2.58. The Kier molecular flexibility index (Phi) is 8.58. The molecule has 0 bridgehead atoms. The van der Waals surface area contributed by atoms with Crippen molar-refractivity contribution in [1.82, 2.24) is 19.4 Å². The van der Waals surface area contributed by atoms with Gasteiger partial charge in [0, 0.05) is 25.4 Å². The minimum Gasteiger partial charge on any atom is -0.457 e. The fourth-order valence-corrected chi connectivity index (χ4v) is 4.20. The molecule has 2 N–H and O–H groups in total. The van der Waals surface area contributed by atoms with Crippen LogP contribution >= 0.6 is 0 Å². The van der Waals surface area contributed by atoms with Crippen LogP contribution in [0.2, 0.25) is 0 Å². The van der Waals surface area contributed by atoms with Crippen molar-refractivity contribution in [2.45, 2.75) is 40.0 Å². The van der Waals surface area contributed by atoms with Crippen LogP contribution in [0.4, 0.5) is 21.8 Å². The highest BCUT2D eigenvalue weighted by Gasteiger charge is 2.14. The Morgan fingerprint density at radius 3 is 2.63 bits per heavy atom. The highest BCUT2D eigenvalue weighted by molar-refractivity contribution is 5.91. The van der Waals surface area contributed by atoms with Gasteiger partial charge in [0.15, 0.2) is 0 Å². The van der Waals surface area contributed by atoms with E-state index >= 15 is 0 Å². The van der Waals surface area contributed by atoms with E-state index in [4.69, 9.17) is 4.74 Å². The number of nitrogens with one attached hydrogen (secondary N) is 2. The minimum absolute atomic E-state index is 0.116. The van der Waals surface area contributed by atoms with Crippen LogP contribution in [-0.4, -0.2) is 45.0 Å². The monoisotopic (exact) mass is 518 g/mol. The van der Waals surface area contributed by atoms with Crippen molar-refractivity contribution >= 4 is 34.4 Å². The summed E-state index contributed by atoms with van der Waals surface area (Å²) in [6.45, 7) is 10.3. The number of anilines is 3. The lowest BCUT2D eigenvalue weighted by atomic mass is 10.0. The van der Waals surface area contributed by atoms with Crippen molar-refractivity contribution < 1.29 is 13.9 Å². The van der Waals surface area contributed by atoms with Gasteiger partial charge >= 0.3 is 0 Å². The molecule has 0 aliphatic rings. The Hall–Kier alpha value is -3.98. The summed E-state index contributed by atoms with van der Waals surface area (Å²) < 4.78 is 22.4. The summed E-state index contributed by atoms with van der Waals surface area (Å²) in [5, 5.41) is 5.97. The zero-order chi connectivity index (χ0) is 27.2. The Labute approximate surface area is 222 Å². The van der Waals surface area contributed by atoms with E-state index in [2.05, 4.69) is 46.3 Å². The number of pyridine rings is 1. The van der Waals surface area contributed by atoms with Crippen molar-refractivity contribution in [3.63, 3.8) is 0 Å². The van der Waals surface area contributed by atoms with Crippen molar-refractivity contribution in [3.05, 3.63) is 66.1 Å². The van der Waals surface area contributed by atoms with Gasteiger partial charge in [0.2, 0.25) is 11.9 Å². The molecule has 200 valence electrons. The van der Waals surface area contributed by atoms with Gasteiger partial charge in [-0.25, -0.2) is 14.4 Å². The Balaban J connectivity index is 1.49. The second-order valence-electron chi connectivity index (χ2n) is 9.56. The van der Waals surface area contributed by atoms with Crippen LogP contribution < -0.4 is 15.4 Å². The van der Waals surface area contributed by atoms with Gasteiger partial charge in [-0.15, -0.1) is 0 Å². The maximum atomic E-state index is 14.5. The number of aryl methyl sites for hydroxylation is 1. The number of fused-ring (bicyclic) bond motifs is 1. The molecule has 0 spiro atoms. The molecule has 0 fully saturated rings. The summed E-state index contributed by atoms with van der Waals surface area (Å²) in [4.78, 5) is 23.4. The summed E-state index contributed by atoms with van der Waals surface area (Å²) in [6, 6.07) is 14.1. The highest BCUT2D eigenvalue weighted by atomic mass is 19.1. The summed E-state index contributed by atoms with van der Waals surface area (Å²) in [7, 11) is 1.88. The molecule has 9 heteroatoms. The first-order valence-corrected chi connectivity index (χ1v) is 13.0. The number of ether oxygens (including phenoxy) is 1. The van der Waals surface area contributed by atoms with E-state index in [1.165, 1.54) is 6.07 Å². The molecule has 0 aliphatic carbocycles. The van der Waals surface area contributed by atoms with Crippen molar-refractivity contribution in [1.29, 1.82) is 0 Å². The van der Waals surface area contributed by atoms with Crippen LogP contribution in [0, 0.1) is 5.82 Å². The van der Waals surface area contributed by atoms with Gasteiger partial charge in [0.1, 0.15) is 23.1 Å². The molecular weight excluding hydrogens is 483 g/mol. The SMILES string of the molecule is CCCN(CC)CC(=O)Nc1cc(Oc2ccc3c(c2)nc(Nc2cc(C(C)C)ccc2F)n3C)ccn1. The first kappa shape index (κ1) is 27.1. The van der Waals surface area contributed by atoms with E-state index in [0.717, 1.165) is 30.6 Å². The van der Waals surface area contributed by atoms with E-state index in [0.29, 0.717) is 41.0 Å². The average molecular weight is 519 g/mol. The normalized spacial score (nSPS) is 11.4. The third-order valence-electron chi connectivity index (χ3n) is 6.34. The molecule has 2 aromatic heterocycles. The van der Waals surface area contributed by atoms with E-state index in [9.17, 15) is 9.18 Å². The number of imidazole rings is 1. The number of amides is 1. The molecule has 38 heavy (non-hydrogen) atoms. The van der Waals surface area contributed by atoms with Crippen LogP contribution in [0.3, 0.4) is 0 Å². The van der Waals surface area contributed by atoms with Crippen LogP contribution in [-0.2, 0) is 11.8 Å². The van der Waals surface area contributed by atoms with Crippen LogP contribution in [0.1, 0.15) is 45.6 Å². The number of carbonyl (C=O) groups excluding carboxylic acids is 1. The van der Waals surface area contributed by atoms with Crippen LogP contribution in [0.5, 0.6) is 11.5 Å². The third-order valence-corrected chi connectivity index (χ3v) is 6.34. The summed E-state index contributed by atoms with van der Waals surface area (Å²) >= 11 is 0. The zero-order valence-electron chi connectivity index (χ0n) is 22.6. The van der Waals surface area contributed by atoms with Gasteiger partial charge < -0.3 is 19.9 Å². The summed E-state index contributed by atoms with van der Waals surface area (Å²) in [5.41, 5.74) is 3.00. The van der Waals surface area contributed by atoms with Crippen molar-refractivity contribution in [2.24, 2.45) is 7.05 Å². The van der Waals surface area contributed by atoms with E-state index in [-0.39, 0.29) is 17.6 Å². The second-order valence-corrected chi connectivity index (χ2v) is 9.56. The van der Waals surface area contributed by atoms with Gasteiger partial charge in [-0.05, 0) is 61.3 Å². The standard InChI is InChI=1S/C29H35FN6O2/c1-6-14-36(7-2)18-28(37)34-27-17-22(12-13-31-27)38-21-9-11-26-25(16-21)33-29(35(26)5)32-24-15-20(19(3)4)8-10-23(24)30/h8-13,15-17,19H,6-7,14,18H2,1-5H3,(H,32,33)(H,31,34,37).